The third-order valence-electron chi connectivity index (χ3n) is 2.33. The molecule has 0 radical (unpaired) electrons. The molecule has 0 saturated heterocycles. The number of fused-ring (bicyclic) bond motifs is 1. The van der Waals surface area contributed by atoms with Crippen LogP contribution in [0.25, 0.3) is 11.0 Å². The van der Waals surface area contributed by atoms with Crippen LogP contribution in [-0.2, 0) is 0 Å². The third kappa shape index (κ3) is 2.25. The lowest BCUT2D eigenvalue weighted by Crippen LogP contribution is -2.09. The Morgan fingerprint density at radius 1 is 1.35 bits per heavy atom. The number of aryl methyl sites for hydroxylation is 1. The summed E-state index contributed by atoms with van der Waals surface area (Å²) in [4.78, 5) is 11.1. The predicted molar refractivity (Wildman–Crippen MR) is 63.7 cm³/mol. The normalized spacial score (nSPS) is 11.1. The van der Waals surface area contributed by atoms with E-state index in [0.29, 0.717) is 11.3 Å². The Balaban J connectivity index is 2.61. The van der Waals surface area contributed by atoms with Crippen molar-refractivity contribution >= 4 is 16.9 Å². The Morgan fingerprint density at radius 2 is 2.06 bits per heavy atom. The summed E-state index contributed by atoms with van der Waals surface area (Å²) in [6.07, 6.45) is -0.0708. The molecule has 0 fully saturated rings. The van der Waals surface area contributed by atoms with Crippen molar-refractivity contribution in [1.29, 1.82) is 0 Å². The van der Waals surface area contributed by atoms with Crippen LogP contribution >= 0.6 is 0 Å². The summed E-state index contributed by atoms with van der Waals surface area (Å²) >= 11 is 0. The van der Waals surface area contributed by atoms with Gasteiger partial charge in [0.25, 0.3) is 0 Å². The first kappa shape index (κ1) is 11.5. The Labute approximate surface area is 98.8 Å². The van der Waals surface area contributed by atoms with Crippen molar-refractivity contribution in [1.82, 2.24) is 0 Å². The van der Waals surface area contributed by atoms with E-state index in [1.54, 1.807) is 6.07 Å². The molecule has 2 rings (SSSR count). The maximum absolute atomic E-state index is 11.1. The summed E-state index contributed by atoms with van der Waals surface area (Å²) in [5.74, 6) is 0.107. The van der Waals surface area contributed by atoms with Crippen LogP contribution in [0.3, 0.4) is 0 Å². The minimum Gasteiger partial charge on any atom is -0.490 e. The standard InChI is InChI=1S/C13H14O4/c1-7(2)16-12-5-9-4-8(3)17-11(9)6-10(12)13(14)15/h4-7H,1-3H3,(H,14,15). The Bertz CT molecular complexity index is 566. The molecule has 2 aromatic rings. The second-order valence-corrected chi connectivity index (χ2v) is 4.22. The number of rotatable bonds is 3. The molecule has 0 saturated carbocycles. The molecule has 0 aliphatic heterocycles. The number of benzene rings is 1. The molecule has 0 bridgehead atoms. The molecule has 0 aliphatic rings. The van der Waals surface area contributed by atoms with Crippen LogP contribution < -0.4 is 4.74 Å². The van der Waals surface area contributed by atoms with E-state index in [2.05, 4.69) is 0 Å². The molecule has 0 aliphatic carbocycles. The van der Waals surface area contributed by atoms with Crippen molar-refractivity contribution in [2.75, 3.05) is 0 Å². The molecule has 0 atom stereocenters. The van der Waals surface area contributed by atoms with Crippen molar-refractivity contribution in [3.63, 3.8) is 0 Å². The summed E-state index contributed by atoms with van der Waals surface area (Å²) < 4.78 is 10.9. The van der Waals surface area contributed by atoms with E-state index in [-0.39, 0.29) is 11.7 Å². The molecule has 0 spiro atoms. The predicted octanol–water partition coefficient (Wildman–Crippen LogP) is 3.23. The van der Waals surface area contributed by atoms with Crippen LogP contribution in [0, 0.1) is 6.92 Å². The number of carboxylic acid groups (broad SMARTS) is 1. The van der Waals surface area contributed by atoms with Gasteiger partial charge in [-0.15, -0.1) is 0 Å². The lowest BCUT2D eigenvalue weighted by molar-refractivity contribution is 0.0690. The van der Waals surface area contributed by atoms with Gasteiger partial charge >= 0.3 is 5.97 Å². The molecule has 4 heteroatoms. The average molecular weight is 234 g/mol. The molecule has 4 nitrogen and oxygen atoms in total. The highest BCUT2D eigenvalue weighted by atomic mass is 16.5. The van der Waals surface area contributed by atoms with Crippen LogP contribution in [-0.4, -0.2) is 17.2 Å². The minimum absolute atomic E-state index is 0.0708. The van der Waals surface area contributed by atoms with E-state index in [1.807, 2.05) is 26.8 Å². The third-order valence-corrected chi connectivity index (χ3v) is 2.33. The van der Waals surface area contributed by atoms with Crippen molar-refractivity contribution in [2.24, 2.45) is 0 Å². The highest BCUT2D eigenvalue weighted by Crippen LogP contribution is 2.29. The first-order valence-electron chi connectivity index (χ1n) is 5.41. The van der Waals surface area contributed by atoms with Crippen molar-refractivity contribution in [2.45, 2.75) is 26.9 Å². The topological polar surface area (TPSA) is 59.7 Å². The second kappa shape index (κ2) is 4.13. The van der Waals surface area contributed by atoms with Gasteiger partial charge in [-0.25, -0.2) is 4.79 Å². The van der Waals surface area contributed by atoms with Gasteiger partial charge in [0.05, 0.1) is 6.10 Å². The first-order valence-corrected chi connectivity index (χ1v) is 5.41. The van der Waals surface area contributed by atoms with Crippen LogP contribution in [0.15, 0.2) is 22.6 Å². The summed E-state index contributed by atoms with van der Waals surface area (Å²) in [6.45, 7) is 5.54. The van der Waals surface area contributed by atoms with E-state index in [1.165, 1.54) is 6.07 Å². The second-order valence-electron chi connectivity index (χ2n) is 4.22. The molecular formula is C13H14O4. The number of aromatic carboxylic acids is 1. The smallest absolute Gasteiger partial charge is 0.339 e. The van der Waals surface area contributed by atoms with Crippen LogP contribution in [0.5, 0.6) is 5.75 Å². The minimum atomic E-state index is -1.02. The van der Waals surface area contributed by atoms with Gasteiger partial charge in [-0.3, -0.25) is 0 Å². The quantitative estimate of drug-likeness (QED) is 0.885. The molecule has 1 aromatic heterocycles. The lowest BCUT2D eigenvalue weighted by atomic mass is 10.1. The van der Waals surface area contributed by atoms with Crippen LogP contribution in [0.4, 0.5) is 0 Å². The Kier molecular flexibility index (Phi) is 2.79. The molecular weight excluding hydrogens is 220 g/mol. The van der Waals surface area contributed by atoms with Crippen molar-refractivity contribution < 1.29 is 19.1 Å². The molecule has 1 heterocycles. The van der Waals surface area contributed by atoms with E-state index < -0.39 is 5.97 Å². The number of hydrogen-bond donors (Lipinski definition) is 1. The van der Waals surface area contributed by atoms with Gasteiger partial charge < -0.3 is 14.3 Å². The highest BCUT2D eigenvalue weighted by molar-refractivity contribution is 5.96. The molecule has 0 amide bonds. The van der Waals surface area contributed by atoms with E-state index in [0.717, 1.165) is 11.1 Å². The van der Waals surface area contributed by atoms with Gasteiger partial charge in [-0.05, 0) is 39.0 Å². The van der Waals surface area contributed by atoms with Gasteiger partial charge in [0.15, 0.2) is 0 Å². The summed E-state index contributed by atoms with van der Waals surface area (Å²) in [5.41, 5.74) is 0.691. The molecule has 1 aromatic carbocycles. The largest absolute Gasteiger partial charge is 0.490 e. The summed E-state index contributed by atoms with van der Waals surface area (Å²) in [6, 6.07) is 5.06. The molecule has 17 heavy (non-hydrogen) atoms. The number of carboxylic acids is 1. The molecule has 1 N–H and O–H groups in total. The van der Waals surface area contributed by atoms with Gasteiger partial charge in [0.1, 0.15) is 22.7 Å². The van der Waals surface area contributed by atoms with Gasteiger partial charge in [0.2, 0.25) is 0 Å². The number of furan rings is 1. The Hall–Kier alpha value is -1.97. The van der Waals surface area contributed by atoms with Gasteiger partial charge in [-0.1, -0.05) is 0 Å². The average Bonchev–Trinajstić information content (AvgIpc) is 2.54. The fourth-order valence-electron chi connectivity index (χ4n) is 1.72. The van der Waals surface area contributed by atoms with Crippen LogP contribution in [0.1, 0.15) is 30.0 Å². The summed E-state index contributed by atoms with van der Waals surface area (Å²) in [5, 5.41) is 9.97. The fraction of sp³-hybridized carbons (Fsp3) is 0.308. The zero-order valence-electron chi connectivity index (χ0n) is 9.98. The van der Waals surface area contributed by atoms with Gasteiger partial charge in [0, 0.05) is 5.39 Å². The zero-order chi connectivity index (χ0) is 12.6. The van der Waals surface area contributed by atoms with E-state index in [4.69, 9.17) is 14.3 Å². The lowest BCUT2D eigenvalue weighted by Gasteiger charge is -2.12. The summed E-state index contributed by atoms with van der Waals surface area (Å²) in [7, 11) is 0. The van der Waals surface area contributed by atoms with Gasteiger partial charge in [-0.2, -0.15) is 0 Å². The van der Waals surface area contributed by atoms with E-state index >= 15 is 0 Å². The number of carbonyl (C=O) groups is 1. The number of ether oxygens (including phenoxy) is 1. The molecule has 90 valence electrons. The fourth-order valence-corrected chi connectivity index (χ4v) is 1.72. The molecule has 0 unspecified atom stereocenters. The SMILES string of the molecule is Cc1cc2cc(OC(C)C)c(C(=O)O)cc2o1. The first-order chi connectivity index (χ1) is 7.97. The van der Waals surface area contributed by atoms with Crippen molar-refractivity contribution in [3.05, 3.63) is 29.5 Å². The maximum atomic E-state index is 11.1. The monoisotopic (exact) mass is 234 g/mol. The zero-order valence-corrected chi connectivity index (χ0v) is 9.98. The Morgan fingerprint density at radius 3 is 2.65 bits per heavy atom. The van der Waals surface area contributed by atoms with Crippen molar-refractivity contribution in [3.8, 4) is 5.75 Å². The van der Waals surface area contributed by atoms with E-state index in [9.17, 15) is 4.79 Å². The highest BCUT2D eigenvalue weighted by Gasteiger charge is 2.15. The maximum Gasteiger partial charge on any atom is 0.339 e. The number of hydrogen-bond acceptors (Lipinski definition) is 3. The van der Waals surface area contributed by atoms with Crippen LogP contribution in [0.2, 0.25) is 0 Å².